The van der Waals surface area contributed by atoms with Crippen LogP contribution >= 0.6 is 0 Å². The van der Waals surface area contributed by atoms with Crippen molar-refractivity contribution in [3.05, 3.63) is 47.9 Å². The number of carbonyl (C=O) groups excluding carboxylic acids is 1. The predicted octanol–water partition coefficient (Wildman–Crippen LogP) is 2.86. The van der Waals surface area contributed by atoms with Gasteiger partial charge in [0.05, 0.1) is 6.04 Å². The zero-order chi connectivity index (χ0) is 15.5. The van der Waals surface area contributed by atoms with Gasteiger partial charge in [0.15, 0.2) is 0 Å². The highest BCUT2D eigenvalue weighted by Crippen LogP contribution is 2.32. The Morgan fingerprint density at radius 2 is 2.09 bits per heavy atom. The molecule has 0 bridgehead atoms. The number of anilines is 1. The molecule has 1 aliphatic rings. The summed E-state index contributed by atoms with van der Waals surface area (Å²) in [6, 6.07) is 8.57. The van der Waals surface area contributed by atoms with Gasteiger partial charge < -0.3 is 10.0 Å². The molecule has 6 nitrogen and oxygen atoms in total. The first kappa shape index (κ1) is 14.3. The molecule has 114 valence electrons. The number of nitrogens with zero attached hydrogens (tertiary/aromatic N) is 3. The highest BCUT2D eigenvalue weighted by molar-refractivity contribution is 5.88. The molecule has 1 atom stereocenters. The first-order valence-electron chi connectivity index (χ1n) is 7.30. The number of phenolic OH excluding ortho intramolecular Hbond substituents is 1. The number of urea groups is 1. The Morgan fingerprint density at radius 3 is 2.82 bits per heavy atom. The molecular weight excluding hydrogens is 280 g/mol. The van der Waals surface area contributed by atoms with Crippen molar-refractivity contribution in [3.63, 3.8) is 0 Å². The molecule has 0 radical (unpaired) electrons. The third kappa shape index (κ3) is 3.00. The SMILES string of the molecule is Cc1nccc(NC(=O)N2CCCC2c2ccc(O)cc2)n1. The van der Waals surface area contributed by atoms with Gasteiger partial charge in [0.1, 0.15) is 17.4 Å². The van der Waals surface area contributed by atoms with E-state index < -0.39 is 0 Å². The fraction of sp³-hybridized carbons (Fsp3) is 0.312. The van der Waals surface area contributed by atoms with Crippen molar-refractivity contribution in [1.29, 1.82) is 0 Å². The summed E-state index contributed by atoms with van der Waals surface area (Å²) in [5.74, 6) is 1.36. The molecule has 22 heavy (non-hydrogen) atoms. The summed E-state index contributed by atoms with van der Waals surface area (Å²) in [4.78, 5) is 22.5. The van der Waals surface area contributed by atoms with Crippen LogP contribution in [0.4, 0.5) is 10.6 Å². The highest BCUT2D eigenvalue weighted by atomic mass is 16.3. The summed E-state index contributed by atoms with van der Waals surface area (Å²) < 4.78 is 0. The first-order valence-corrected chi connectivity index (χ1v) is 7.30. The predicted molar refractivity (Wildman–Crippen MR) is 82.6 cm³/mol. The van der Waals surface area contributed by atoms with Crippen LogP contribution in [0.25, 0.3) is 0 Å². The number of rotatable bonds is 2. The number of benzene rings is 1. The lowest BCUT2D eigenvalue weighted by Gasteiger charge is -2.25. The largest absolute Gasteiger partial charge is 0.508 e. The Kier molecular flexibility index (Phi) is 3.91. The van der Waals surface area contributed by atoms with Gasteiger partial charge in [0.25, 0.3) is 0 Å². The molecule has 0 saturated carbocycles. The van der Waals surface area contributed by atoms with Crippen LogP contribution in [0.1, 0.15) is 30.3 Å². The average Bonchev–Trinajstić information content (AvgIpc) is 2.97. The summed E-state index contributed by atoms with van der Waals surface area (Å²) in [7, 11) is 0. The number of carbonyl (C=O) groups is 1. The van der Waals surface area contributed by atoms with E-state index in [4.69, 9.17) is 0 Å². The van der Waals surface area contributed by atoms with Gasteiger partial charge in [-0.3, -0.25) is 5.32 Å². The normalized spacial score (nSPS) is 17.5. The van der Waals surface area contributed by atoms with Gasteiger partial charge in [-0.1, -0.05) is 12.1 Å². The minimum absolute atomic E-state index is 0.0311. The van der Waals surface area contributed by atoms with E-state index >= 15 is 0 Å². The molecule has 1 aliphatic heterocycles. The first-order chi connectivity index (χ1) is 10.6. The van der Waals surface area contributed by atoms with Crippen LogP contribution < -0.4 is 5.32 Å². The zero-order valence-corrected chi connectivity index (χ0v) is 12.4. The number of hydrogen-bond acceptors (Lipinski definition) is 4. The van der Waals surface area contributed by atoms with Crippen molar-refractivity contribution >= 4 is 11.8 Å². The maximum absolute atomic E-state index is 12.5. The average molecular weight is 298 g/mol. The Balaban J connectivity index is 1.75. The second kappa shape index (κ2) is 6.01. The van der Waals surface area contributed by atoms with Crippen LogP contribution in [0.2, 0.25) is 0 Å². The third-order valence-electron chi connectivity index (χ3n) is 3.80. The molecule has 1 unspecified atom stereocenters. The molecule has 2 amide bonds. The van der Waals surface area contributed by atoms with E-state index in [-0.39, 0.29) is 17.8 Å². The Bertz CT molecular complexity index is 672. The van der Waals surface area contributed by atoms with Crippen LogP contribution in [-0.4, -0.2) is 32.6 Å². The monoisotopic (exact) mass is 298 g/mol. The minimum atomic E-state index is -0.159. The van der Waals surface area contributed by atoms with Gasteiger partial charge in [0, 0.05) is 12.7 Å². The number of nitrogens with one attached hydrogen (secondary N) is 1. The van der Waals surface area contributed by atoms with Gasteiger partial charge in [-0.25, -0.2) is 14.8 Å². The maximum atomic E-state index is 12.5. The van der Waals surface area contributed by atoms with E-state index in [0.717, 1.165) is 18.4 Å². The summed E-state index contributed by atoms with van der Waals surface area (Å²) in [6.07, 6.45) is 3.50. The number of likely N-dealkylation sites (tertiary alicyclic amines) is 1. The lowest BCUT2D eigenvalue weighted by Crippen LogP contribution is -2.34. The standard InChI is InChI=1S/C16H18N4O2/c1-11-17-9-8-15(18-11)19-16(22)20-10-2-3-14(20)12-4-6-13(21)7-5-12/h4-9,14,21H,2-3,10H2,1H3,(H,17,18,19,22). The van der Waals surface area contributed by atoms with Crippen molar-refractivity contribution in [1.82, 2.24) is 14.9 Å². The number of aromatic nitrogens is 2. The molecule has 0 spiro atoms. The van der Waals surface area contributed by atoms with E-state index in [1.54, 1.807) is 31.3 Å². The van der Waals surface area contributed by atoms with Gasteiger partial charge >= 0.3 is 6.03 Å². The number of hydrogen-bond donors (Lipinski definition) is 2. The van der Waals surface area contributed by atoms with E-state index in [2.05, 4.69) is 15.3 Å². The Labute approximate surface area is 128 Å². The van der Waals surface area contributed by atoms with Crippen LogP contribution in [-0.2, 0) is 0 Å². The van der Waals surface area contributed by atoms with E-state index in [1.807, 2.05) is 17.0 Å². The fourth-order valence-electron chi connectivity index (χ4n) is 2.76. The van der Waals surface area contributed by atoms with Gasteiger partial charge in [0.2, 0.25) is 0 Å². The molecule has 2 heterocycles. The van der Waals surface area contributed by atoms with Crippen molar-refractivity contribution in [3.8, 4) is 5.75 Å². The molecule has 3 rings (SSSR count). The number of aryl methyl sites for hydroxylation is 1. The van der Waals surface area contributed by atoms with Crippen molar-refractivity contribution < 1.29 is 9.90 Å². The van der Waals surface area contributed by atoms with E-state index in [0.29, 0.717) is 18.2 Å². The molecule has 0 aliphatic carbocycles. The second-order valence-corrected chi connectivity index (χ2v) is 5.36. The number of phenols is 1. The van der Waals surface area contributed by atoms with Gasteiger partial charge in [-0.05, 0) is 43.5 Å². The lowest BCUT2D eigenvalue weighted by atomic mass is 10.0. The van der Waals surface area contributed by atoms with E-state index in [1.165, 1.54) is 0 Å². The molecule has 2 aromatic rings. The number of amides is 2. The maximum Gasteiger partial charge on any atom is 0.323 e. The van der Waals surface area contributed by atoms with Crippen molar-refractivity contribution in [2.24, 2.45) is 0 Å². The smallest absolute Gasteiger partial charge is 0.323 e. The van der Waals surface area contributed by atoms with Gasteiger partial charge in [-0.2, -0.15) is 0 Å². The summed E-state index contributed by atoms with van der Waals surface area (Å²) in [6.45, 7) is 2.49. The topological polar surface area (TPSA) is 78.4 Å². The summed E-state index contributed by atoms with van der Waals surface area (Å²) in [5, 5.41) is 12.2. The van der Waals surface area contributed by atoms with Crippen LogP contribution in [0, 0.1) is 6.92 Å². The zero-order valence-electron chi connectivity index (χ0n) is 12.4. The molecule has 2 N–H and O–H groups in total. The van der Waals surface area contributed by atoms with Crippen LogP contribution in [0.3, 0.4) is 0 Å². The highest BCUT2D eigenvalue weighted by Gasteiger charge is 2.30. The molecule has 1 aromatic carbocycles. The second-order valence-electron chi connectivity index (χ2n) is 5.36. The van der Waals surface area contributed by atoms with Crippen LogP contribution in [0.15, 0.2) is 36.5 Å². The van der Waals surface area contributed by atoms with Gasteiger partial charge in [-0.15, -0.1) is 0 Å². The Morgan fingerprint density at radius 1 is 1.32 bits per heavy atom. The summed E-state index contributed by atoms with van der Waals surface area (Å²) in [5.41, 5.74) is 1.03. The molecule has 1 fully saturated rings. The third-order valence-corrected chi connectivity index (χ3v) is 3.80. The quantitative estimate of drug-likeness (QED) is 0.893. The lowest BCUT2D eigenvalue weighted by molar-refractivity contribution is 0.207. The molecular formula is C16H18N4O2. The summed E-state index contributed by atoms with van der Waals surface area (Å²) >= 11 is 0. The minimum Gasteiger partial charge on any atom is -0.508 e. The Hall–Kier alpha value is -2.63. The van der Waals surface area contributed by atoms with E-state index in [9.17, 15) is 9.90 Å². The van der Waals surface area contributed by atoms with Crippen LogP contribution in [0.5, 0.6) is 5.75 Å². The fourth-order valence-corrected chi connectivity index (χ4v) is 2.76. The molecule has 1 saturated heterocycles. The number of aromatic hydroxyl groups is 1. The van der Waals surface area contributed by atoms with Crippen molar-refractivity contribution in [2.45, 2.75) is 25.8 Å². The van der Waals surface area contributed by atoms with Crippen molar-refractivity contribution in [2.75, 3.05) is 11.9 Å². The molecule has 6 heteroatoms. The molecule has 1 aromatic heterocycles.